The molecule has 3 aromatic rings. The lowest BCUT2D eigenvalue weighted by Crippen LogP contribution is -2.29. The average Bonchev–Trinajstić information content (AvgIpc) is 3.24. The topological polar surface area (TPSA) is 81.7 Å². The van der Waals surface area contributed by atoms with Gasteiger partial charge in [0.2, 0.25) is 5.91 Å². The number of ether oxygens (including phenoxy) is 3. The van der Waals surface area contributed by atoms with Gasteiger partial charge in [0.25, 0.3) is 0 Å². The van der Waals surface area contributed by atoms with Crippen LogP contribution in [0.5, 0.6) is 0 Å². The molecule has 0 aliphatic heterocycles. The van der Waals surface area contributed by atoms with Crippen molar-refractivity contribution in [3.8, 4) is 10.6 Å². The van der Waals surface area contributed by atoms with E-state index in [1.807, 2.05) is 19.1 Å². The quantitative estimate of drug-likeness (QED) is 0.322. The molecule has 0 radical (unpaired) electrons. The molecule has 33 heavy (non-hydrogen) atoms. The van der Waals surface area contributed by atoms with Crippen molar-refractivity contribution in [2.24, 2.45) is 0 Å². The minimum Gasteiger partial charge on any atom is -0.385 e. The number of hydrogen-bond acceptors (Lipinski definition) is 7. The van der Waals surface area contributed by atoms with E-state index in [1.54, 1.807) is 11.3 Å². The van der Waals surface area contributed by atoms with Crippen molar-refractivity contribution in [1.29, 1.82) is 0 Å². The smallest absolute Gasteiger partial charge is 0.221 e. The van der Waals surface area contributed by atoms with E-state index in [2.05, 4.69) is 47.9 Å². The Balaban J connectivity index is 1.28. The summed E-state index contributed by atoms with van der Waals surface area (Å²) < 4.78 is 17.2. The zero-order chi connectivity index (χ0) is 23.3. The minimum atomic E-state index is 0.000420. The van der Waals surface area contributed by atoms with Crippen LogP contribution >= 0.6 is 11.3 Å². The number of carbonyl (C=O) groups is 1. The third-order valence-corrected chi connectivity index (χ3v) is 5.94. The van der Waals surface area contributed by atoms with Crippen molar-refractivity contribution in [1.82, 2.24) is 10.3 Å². The third kappa shape index (κ3) is 8.74. The number of aryl methyl sites for hydroxylation is 1. The highest BCUT2D eigenvalue weighted by Crippen LogP contribution is 2.31. The van der Waals surface area contributed by atoms with Crippen molar-refractivity contribution in [3.63, 3.8) is 0 Å². The fraction of sp³-hybridized carbons (Fsp3) is 0.440. The Hall–Kier alpha value is -2.52. The SMILES string of the molecule is CCOCCOCCOCCNC(=O)CCNc1ccc(-c2nc3ccc(C)cc3s2)cc1. The second-order valence-corrected chi connectivity index (χ2v) is 8.55. The van der Waals surface area contributed by atoms with E-state index in [9.17, 15) is 4.79 Å². The highest BCUT2D eigenvalue weighted by atomic mass is 32.1. The number of rotatable bonds is 15. The Morgan fingerprint density at radius 1 is 0.939 bits per heavy atom. The molecule has 0 saturated carbocycles. The molecule has 3 rings (SSSR count). The second-order valence-electron chi connectivity index (χ2n) is 7.52. The molecule has 1 heterocycles. The first kappa shape index (κ1) is 25.1. The molecule has 7 nitrogen and oxygen atoms in total. The number of thiazole rings is 1. The Bertz CT molecular complexity index is 991. The lowest BCUT2D eigenvalue weighted by molar-refractivity contribution is -0.121. The van der Waals surface area contributed by atoms with Crippen LogP contribution in [0.3, 0.4) is 0 Å². The highest BCUT2D eigenvalue weighted by molar-refractivity contribution is 7.21. The number of hydrogen-bond donors (Lipinski definition) is 2. The summed E-state index contributed by atoms with van der Waals surface area (Å²) in [5.74, 6) is 0.000420. The summed E-state index contributed by atoms with van der Waals surface area (Å²) in [5, 5.41) is 7.17. The summed E-state index contributed by atoms with van der Waals surface area (Å²) >= 11 is 1.70. The average molecular weight is 472 g/mol. The van der Waals surface area contributed by atoms with Crippen LogP contribution < -0.4 is 10.6 Å². The molecule has 2 aromatic carbocycles. The van der Waals surface area contributed by atoms with E-state index in [0.717, 1.165) is 21.8 Å². The standard InChI is InChI=1S/C25H33N3O4S/c1-3-30-14-15-32-17-16-31-13-12-27-24(29)10-11-26-21-7-5-20(6-8-21)25-28-22-9-4-19(2)18-23(22)33-25/h4-9,18,26H,3,10-17H2,1-2H3,(H,27,29). The van der Waals surface area contributed by atoms with Crippen LogP contribution in [-0.2, 0) is 19.0 Å². The molecular formula is C25H33N3O4S. The van der Waals surface area contributed by atoms with Gasteiger partial charge in [-0.25, -0.2) is 4.98 Å². The molecule has 0 saturated heterocycles. The largest absolute Gasteiger partial charge is 0.385 e. The Kier molecular flexibility index (Phi) is 10.6. The normalized spacial score (nSPS) is 11.1. The molecule has 0 unspecified atom stereocenters. The summed E-state index contributed by atoms with van der Waals surface area (Å²) in [6.45, 7) is 8.51. The fourth-order valence-corrected chi connectivity index (χ4v) is 4.21. The molecular weight excluding hydrogens is 438 g/mol. The minimum absolute atomic E-state index is 0.000420. The number of nitrogens with zero attached hydrogens (tertiary/aromatic N) is 1. The van der Waals surface area contributed by atoms with Crippen LogP contribution in [0.4, 0.5) is 5.69 Å². The lowest BCUT2D eigenvalue weighted by atomic mass is 10.2. The molecule has 2 N–H and O–H groups in total. The van der Waals surface area contributed by atoms with Crippen molar-refractivity contribution >= 4 is 33.1 Å². The van der Waals surface area contributed by atoms with E-state index < -0.39 is 0 Å². The van der Waals surface area contributed by atoms with Gasteiger partial charge in [0.15, 0.2) is 0 Å². The van der Waals surface area contributed by atoms with Gasteiger partial charge in [0, 0.05) is 37.4 Å². The number of benzene rings is 2. The number of amides is 1. The monoisotopic (exact) mass is 471 g/mol. The molecule has 0 fully saturated rings. The van der Waals surface area contributed by atoms with Gasteiger partial charge in [0.05, 0.1) is 43.3 Å². The van der Waals surface area contributed by atoms with Crippen molar-refractivity contribution < 1.29 is 19.0 Å². The molecule has 0 spiro atoms. The van der Waals surface area contributed by atoms with Gasteiger partial charge in [0.1, 0.15) is 5.01 Å². The maximum atomic E-state index is 12.0. The highest BCUT2D eigenvalue weighted by Gasteiger charge is 2.07. The first-order valence-electron chi connectivity index (χ1n) is 11.4. The summed E-state index contributed by atoms with van der Waals surface area (Å²) in [6.07, 6.45) is 0.402. The van der Waals surface area contributed by atoms with Crippen LogP contribution in [0.25, 0.3) is 20.8 Å². The number of fused-ring (bicyclic) bond motifs is 1. The summed E-state index contributed by atoms with van der Waals surface area (Å²) in [7, 11) is 0. The molecule has 0 aliphatic carbocycles. The van der Waals surface area contributed by atoms with Crippen molar-refractivity contribution in [2.75, 3.05) is 58.0 Å². The molecule has 1 amide bonds. The lowest BCUT2D eigenvalue weighted by Gasteiger charge is -2.09. The van der Waals surface area contributed by atoms with Crippen LogP contribution in [-0.4, -0.2) is 63.6 Å². The molecule has 0 atom stereocenters. The van der Waals surface area contributed by atoms with E-state index in [1.165, 1.54) is 10.3 Å². The summed E-state index contributed by atoms with van der Waals surface area (Å²) in [4.78, 5) is 16.7. The van der Waals surface area contributed by atoms with Gasteiger partial charge in [-0.3, -0.25) is 4.79 Å². The van der Waals surface area contributed by atoms with Gasteiger partial charge < -0.3 is 24.8 Å². The van der Waals surface area contributed by atoms with Crippen LogP contribution in [0, 0.1) is 6.92 Å². The number of anilines is 1. The van der Waals surface area contributed by atoms with Gasteiger partial charge >= 0.3 is 0 Å². The zero-order valence-corrected chi connectivity index (χ0v) is 20.2. The molecule has 8 heteroatoms. The second kappa shape index (κ2) is 13.9. The van der Waals surface area contributed by atoms with Gasteiger partial charge in [-0.05, 0) is 55.8 Å². The first-order valence-corrected chi connectivity index (χ1v) is 12.2. The van der Waals surface area contributed by atoms with E-state index in [0.29, 0.717) is 59.2 Å². The van der Waals surface area contributed by atoms with E-state index in [-0.39, 0.29) is 5.91 Å². The van der Waals surface area contributed by atoms with Crippen molar-refractivity contribution in [3.05, 3.63) is 48.0 Å². The van der Waals surface area contributed by atoms with E-state index >= 15 is 0 Å². The maximum Gasteiger partial charge on any atom is 0.221 e. The fourth-order valence-electron chi connectivity index (χ4n) is 3.14. The Morgan fingerprint density at radius 2 is 1.67 bits per heavy atom. The molecule has 0 aliphatic rings. The number of carbonyl (C=O) groups excluding carboxylic acids is 1. The molecule has 178 valence electrons. The molecule has 1 aromatic heterocycles. The van der Waals surface area contributed by atoms with Gasteiger partial charge in [-0.15, -0.1) is 11.3 Å². The number of nitrogens with one attached hydrogen (secondary N) is 2. The number of aromatic nitrogens is 1. The predicted octanol–water partition coefficient (Wildman–Crippen LogP) is 4.26. The van der Waals surface area contributed by atoms with Crippen LogP contribution in [0.1, 0.15) is 18.9 Å². The Labute approximate surface area is 199 Å². The van der Waals surface area contributed by atoms with Crippen LogP contribution in [0.15, 0.2) is 42.5 Å². The summed E-state index contributed by atoms with van der Waals surface area (Å²) in [5.41, 5.74) is 4.35. The Morgan fingerprint density at radius 3 is 2.42 bits per heavy atom. The van der Waals surface area contributed by atoms with Gasteiger partial charge in [-0.2, -0.15) is 0 Å². The van der Waals surface area contributed by atoms with Crippen molar-refractivity contribution in [2.45, 2.75) is 20.3 Å². The first-order chi connectivity index (χ1) is 16.2. The van der Waals surface area contributed by atoms with Gasteiger partial charge in [-0.1, -0.05) is 6.07 Å². The maximum absolute atomic E-state index is 12.0. The predicted molar refractivity (Wildman–Crippen MR) is 134 cm³/mol. The van der Waals surface area contributed by atoms with E-state index in [4.69, 9.17) is 19.2 Å². The summed E-state index contributed by atoms with van der Waals surface area (Å²) in [6, 6.07) is 14.5. The third-order valence-electron chi connectivity index (χ3n) is 4.87. The van der Waals surface area contributed by atoms with Crippen LogP contribution in [0.2, 0.25) is 0 Å². The zero-order valence-electron chi connectivity index (χ0n) is 19.4. The molecule has 0 bridgehead atoms.